The Hall–Kier alpha value is 0.164. The van der Waals surface area contributed by atoms with Crippen LogP contribution in [0.2, 0.25) is 4.22 Å². The van der Waals surface area contributed by atoms with Crippen LogP contribution in [0, 0.1) is 11.8 Å². The Morgan fingerprint density at radius 2 is 1.50 bits per heavy atom. The molecule has 3 aliphatic rings. The largest absolute Gasteiger partial charge is 1.00 e. The molecule has 34 heavy (non-hydrogen) atoms. The molecule has 0 bridgehead atoms. The first-order valence-corrected chi connectivity index (χ1v) is 17.0. The SMILES string of the molecule is CCCCCCP(CCCCCC)C1=Cc2ccccc2[CH]1[Ti+2][CH]1CCC2C=CC=CC21.[Cl-].[Cl-]. The maximum Gasteiger partial charge on any atom is -1.00 e. The maximum atomic E-state index is 2.69. The van der Waals surface area contributed by atoms with Crippen LogP contribution in [0.3, 0.4) is 0 Å². The van der Waals surface area contributed by atoms with Gasteiger partial charge in [0.25, 0.3) is 0 Å². The number of fused-ring (bicyclic) bond motifs is 2. The van der Waals surface area contributed by atoms with E-state index < -0.39 is 0 Å². The zero-order valence-electron chi connectivity index (χ0n) is 21.2. The second kappa shape index (κ2) is 16.1. The van der Waals surface area contributed by atoms with Crippen molar-refractivity contribution in [2.24, 2.45) is 11.8 Å². The molecule has 0 aliphatic heterocycles. The van der Waals surface area contributed by atoms with Gasteiger partial charge in [0.1, 0.15) is 0 Å². The Labute approximate surface area is 232 Å². The summed E-state index contributed by atoms with van der Waals surface area (Å²) in [5.74, 6) is 1.68. The van der Waals surface area contributed by atoms with Crippen LogP contribution >= 0.6 is 7.92 Å². The molecule has 0 amide bonds. The Balaban J connectivity index is 0.00000204. The molecule has 4 atom stereocenters. The van der Waals surface area contributed by atoms with Crippen molar-refractivity contribution in [3.63, 3.8) is 0 Å². The average molecular weight is 553 g/mol. The molecule has 0 saturated heterocycles. The molecule has 0 radical (unpaired) electrons. The minimum atomic E-state index is -0.0450. The van der Waals surface area contributed by atoms with Gasteiger partial charge in [-0.25, -0.2) is 0 Å². The maximum absolute atomic E-state index is 2.69. The van der Waals surface area contributed by atoms with E-state index in [1.807, 2.05) is 5.31 Å². The van der Waals surface area contributed by atoms with Gasteiger partial charge in [0.15, 0.2) is 0 Å². The van der Waals surface area contributed by atoms with Crippen LogP contribution in [0.4, 0.5) is 0 Å². The fourth-order valence-electron chi connectivity index (χ4n) is 5.95. The van der Waals surface area contributed by atoms with Crippen molar-refractivity contribution in [1.29, 1.82) is 0 Å². The molecule has 0 heterocycles. The van der Waals surface area contributed by atoms with Crippen LogP contribution in [0.5, 0.6) is 0 Å². The normalized spacial score (nSPS) is 24.1. The predicted molar refractivity (Wildman–Crippen MR) is 140 cm³/mol. The van der Waals surface area contributed by atoms with Crippen molar-refractivity contribution in [2.75, 3.05) is 12.3 Å². The molecule has 0 aromatic heterocycles. The number of unbranched alkanes of at least 4 members (excludes halogenated alkanes) is 6. The number of benzene rings is 1. The van der Waals surface area contributed by atoms with E-state index in [1.54, 1.807) is 11.1 Å². The molecule has 1 aromatic rings. The van der Waals surface area contributed by atoms with Gasteiger partial charge in [-0.2, -0.15) is 0 Å². The Morgan fingerprint density at radius 1 is 0.824 bits per heavy atom. The number of hydrogen-bond acceptors (Lipinski definition) is 0. The van der Waals surface area contributed by atoms with Gasteiger partial charge < -0.3 is 24.8 Å². The van der Waals surface area contributed by atoms with E-state index in [1.165, 1.54) is 76.5 Å². The topological polar surface area (TPSA) is 0 Å². The van der Waals surface area contributed by atoms with Crippen LogP contribution in [0.25, 0.3) is 6.08 Å². The molecule has 4 heteroatoms. The first-order valence-electron chi connectivity index (χ1n) is 13.5. The van der Waals surface area contributed by atoms with E-state index in [0.29, 0.717) is 0 Å². The van der Waals surface area contributed by atoms with Gasteiger partial charge in [0.2, 0.25) is 0 Å². The van der Waals surface area contributed by atoms with Gasteiger partial charge in [0.05, 0.1) is 0 Å². The third-order valence-electron chi connectivity index (χ3n) is 7.79. The molecule has 0 N–H and O–H groups in total. The van der Waals surface area contributed by atoms with Crippen molar-refractivity contribution >= 4 is 14.0 Å². The molecule has 1 aromatic carbocycles. The van der Waals surface area contributed by atoms with Crippen LogP contribution in [0.15, 0.2) is 53.9 Å². The minimum Gasteiger partial charge on any atom is -1.00 e. The van der Waals surface area contributed by atoms with Gasteiger partial charge in [-0.3, -0.25) is 0 Å². The summed E-state index contributed by atoms with van der Waals surface area (Å²) in [5.41, 5.74) is 3.27. The second-order valence-corrected chi connectivity index (χ2v) is 15.2. The number of rotatable bonds is 13. The van der Waals surface area contributed by atoms with Gasteiger partial charge >= 0.3 is 209 Å². The van der Waals surface area contributed by atoms with E-state index in [2.05, 4.69) is 68.5 Å². The fourth-order valence-corrected chi connectivity index (χ4v) is 13.1. The zero-order chi connectivity index (χ0) is 22.2. The predicted octanol–water partition coefficient (Wildman–Crippen LogP) is 3.76. The molecule has 0 nitrogen and oxygen atoms in total. The number of allylic oxidation sites excluding steroid dienone is 5. The van der Waals surface area contributed by atoms with E-state index in [4.69, 9.17) is 0 Å². The van der Waals surface area contributed by atoms with Gasteiger partial charge in [0, 0.05) is 0 Å². The number of hydrogen-bond donors (Lipinski definition) is 0. The monoisotopic (exact) mass is 552 g/mol. The minimum absolute atomic E-state index is 0. The van der Waals surface area contributed by atoms with E-state index in [9.17, 15) is 0 Å². The van der Waals surface area contributed by atoms with Crippen molar-refractivity contribution in [2.45, 2.75) is 86.5 Å². The summed E-state index contributed by atoms with van der Waals surface area (Å²) in [7, 11) is 0.0402. The zero-order valence-corrected chi connectivity index (χ0v) is 25.2. The first-order chi connectivity index (χ1) is 15.8. The molecule has 4 unspecified atom stereocenters. The van der Waals surface area contributed by atoms with Gasteiger partial charge in [-0.15, -0.1) is 0 Å². The van der Waals surface area contributed by atoms with Crippen molar-refractivity contribution in [1.82, 2.24) is 0 Å². The van der Waals surface area contributed by atoms with Crippen molar-refractivity contribution in [3.05, 3.63) is 65.0 Å². The third kappa shape index (κ3) is 7.83. The fraction of sp³-hybridized carbons (Fsp3) is 0.600. The second-order valence-electron chi connectivity index (χ2n) is 10.1. The third-order valence-corrected chi connectivity index (χ3v) is 14.2. The quantitative estimate of drug-likeness (QED) is 0.198. The van der Waals surface area contributed by atoms with E-state index in [-0.39, 0.29) is 51.9 Å². The Morgan fingerprint density at radius 3 is 2.21 bits per heavy atom. The molecule has 186 valence electrons. The van der Waals surface area contributed by atoms with Crippen molar-refractivity contribution < 1.29 is 44.0 Å². The van der Waals surface area contributed by atoms with Crippen LogP contribution in [-0.2, 0) is 19.2 Å². The molecule has 1 saturated carbocycles. The standard InChI is InChI=1S/C21H32P.C9H11.2ClH.Ti/c1-3-5-7-11-15-22(16-12-8-6-4-2)21-17-19-13-9-10-14-20(19)18-21;1-2-5-9-7-3-6-8(9)4-1;;;/h9-10,13-14,17-18H,3-8,11-12,15-16H2,1-2H3;1-2,4-6,8-9H,3,7H2;2*1H;/q;;;;+2/p-2. The van der Waals surface area contributed by atoms with E-state index >= 15 is 0 Å². The van der Waals surface area contributed by atoms with Crippen LogP contribution < -0.4 is 24.8 Å². The first kappa shape index (κ1) is 30.4. The molecule has 3 aliphatic carbocycles. The molecule has 4 rings (SSSR count). The summed E-state index contributed by atoms with van der Waals surface area (Å²) >= 11 is -0.0450. The number of halogens is 2. The summed E-state index contributed by atoms with van der Waals surface area (Å²) in [6.45, 7) is 4.68. The van der Waals surface area contributed by atoms with Crippen LogP contribution in [0.1, 0.15) is 93.4 Å². The smallest absolute Gasteiger partial charge is 1.00 e. The molecule has 1 fully saturated rings. The van der Waals surface area contributed by atoms with Gasteiger partial charge in [-0.1, -0.05) is 0 Å². The van der Waals surface area contributed by atoms with Crippen molar-refractivity contribution in [3.8, 4) is 0 Å². The summed E-state index contributed by atoms with van der Waals surface area (Å²) in [6.07, 6.45) is 29.6. The Kier molecular flexibility index (Phi) is 14.4. The summed E-state index contributed by atoms with van der Waals surface area (Å²) in [5, 5.41) is 1.92. The summed E-state index contributed by atoms with van der Waals surface area (Å²) < 4.78 is 1.80. The van der Waals surface area contributed by atoms with Crippen LogP contribution in [-0.4, -0.2) is 12.3 Å². The van der Waals surface area contributed by atoms with Gasteiger partial charge in [-0.05, 0) is 0 Å². The molecular formula is C30H43Cl2PTi. The van der Waals surface area contributed by atoms with E-state index in [0.717, 1.165) is 20.3 Å². The average Bonchev–Trinajstić information content (AvgIpc) is 3.40. The Bertz CT molecular complexity index is 806. The molecular weight excluding hydrogens is 510 g/mol. The summed E-state index contributed by atoms with van der Waals surface area (Å²) in [6, 6.07) is 9.46. The molecule has 0 spiro atoms. The summed E-state index contributed by atoms with van der Waals surface area (Å²) in [4.78, 5) is 0.